The first-order valence-corrected chi connectivity index (χ1v) is 5.86. The smallest absolute Gasteiger partial charge is 0.347 e. The van der Waals surface area contributed by atoms with Crippen molar-refractivity contribution in [2.75, 3.05) is 5.32 Å². The second-order valence-corrected chi connectivity index (χ2v) is 4.58. The number of aromatic nitrogens is 3. The molecule has 90 valence electrons. The largest absolute Gasteiger partial charge is 0.477 e. The summed E-state index contributed by atoms with van der Waals surface area (Å²) in [6, 6.07) is -0.0443. The van der Waals surface area contributed by atoms with E-state index in [0.717, 1.165) is 17.2 Å². The summed E-state index contributed by atoms with van der Waals surface area (Å²) in [5.41, 5.74) is 0.525. The first-order valence-electron chi connectivity index (χ1n) is 5.04. The van der Waals surface area contributed by atoms with Gasteiger partial charge in [0.05, 0.1) is 11.7 Å². The lowest BCUT2D eigenvalue weighted by Gasteiger charge is -2.09. The van der Waals surface area contributed by atoms with Gasteiger partial charge in [-0.3, -0.25) is 0 Å². The Kier molecular flexibility index (Phi) is 3.10. The molecule has 0 saturated heterocycles. The number of aromatic carboxylic acids is 1. The third-order valence-electron chi connectivity index (χ3n) is 2.26. The summed E-state index contributed by atoms with van der Waals surface area (Å²) in [5, 5.41) is 12.6. The molecule has 0 bridgehead atoms. The number of nitrogens with one attached hydrogen (secondary N) is 2. The summed E-state index contributed by atoms with van der Waals surface area (Å²) in [4.78, 5) is 22.4. The molecule has 17 heavy (non-hydrogen) atoms. The Morgan fingerprint density at radius 2 is 2.41 bits per heavy atom. The normalized spacial score (nSPS) is 12.4. The number of aryl methyl sites for hydroxylation is 1. The van der Waals surface area contributed by atoms with Gasteiger partial charge in [0.1, 0.15) is 10.7 Å². The van der Waals surface area contributed by atoms with E-state index in [0.29, 0.717) is 10.8 Å². The quantitative estimate of drug-likeness (QED) is 0.774. The Labute approximate surface area is 102 Å². The number of anilines is 1. The minimum atomic E-state index is -0.946. The van der Waals surface area contributed by atoms with Crippen LogP contribution in [0.25, 0.3) is 0 Å². The Balaban J connectivity index is 2.14. The van der Waals surface area contributed by atoms with Crippen LogP contribution in [-0.2, 0) is 0 Å². The fourth-order valence-corrected chi connectivity index (χ4v) is 2.32. The summed E-state index contributed by atoms with van der Waals surface area (Å²) in [7, 11) is 0. The average Bonchev–Trinajstić information content (AvgIpc) is 2.86. The van der Waals surface area contributed by atoms with Gasteiger partial charge < -0.3 is 15.4 Å². The van der Waals surface area contributed by atoms with E-state index >= 15 is 0 Å². The van der Waals surface area contributed by atoms with Crippen molar-refractivity contribution in [3.8, 4) is 0 Å². The molecule has 0 fully saturated rings. The molecule has 2 aromatic rings. The van der Waals surface area contributed by atoms with Gasteiger partial charge in [-0.2, -0.15) is 0 Å². The lowest BCUT2D eigenvalue weighted by atomic mass is 10.3. The van der Waals surface area contributed by atoms with Crippen LogP contribution in [0.4, 0.5) is 5.13 Å². The zero-order valence-corrected chi connectivity index (χ0v) is 10.2. The lowest BCUT2D eigenvalue weighted by molar-refractivity contribution is 0.0701. The number of carbonyl (C=O) groups is 1. The number of rotatable bonds is 4. The molecule has 0 aromatic carbocycles. The second-order valence-electron chi connectivity index (χ2n) is 3.58. The van der Waals surface area contributed by atoms with E-state index < -0.39 is 5.97 Å². The molecule has 0 spiro atoms. The average molecular weight is 252 g/mol. The maximum atomic E-state index is 10.9. The van der Waals surface area contributed by atoms with E-state index in [1.54, 1.807) is 19.3 Å². The molecule has 2 aromatic heterocycles. The van der Waals surface area contributed by atoms with Gasteiger partial charge in [-0.15, -0.1) is 0 Å². The number of H-pyrrole nitrogens is 1. The van der Waals surface area contributed by atoms with Crippen molar-refractivity contribution in [2.45, 2.75) is 19.9 Å². The third-order valence-corrected chi connectivity index (χ3v) is 3.34. The Morgan fingerprint density at radius 1 is 1.65 bits per heavy atom. The van der Waals surface area contributed by atoms with Gasteiger partial charge in [0.2, 0.25) is 0 Å². The summed E-state index contributed by atoms with van der Waals surface area (Å²) in [6.45, 7) is 3.61. The van der Waals surface area contributed by atoms with Crippen LogP contribution in [-0.4, -0.2) is 26.0 Å². The number of thiazole rings is 1. The molecule has 0 aliphatic carbocycles. The van der Waals surface area contributed by atoms with Crippen molar-refractivity contribution in [1.29, 1.82) is 0 Å². The number of carboxylic acid groups (broad SMARTS) is 1. The van der Waals surface area contributed by atoms with E-state index in [4.69, 9.17) is 5.11 Å². The minimum Gasteiger partial charge on any atom is -0.477 e. The van der Waals surface area contributed by atoms with Gasteiger partial charge >= 0.3 is 5.97 Å². The molecule has 3 N–H and O–H groups in total. The van der Waals surface area contributed by atoms with Crippen LogP contribution >= 0.6 is 11.3 Å². The first kappa shape index (κ1) is 11.6. The molecule has 0 aliphatic rings. The monoisotopic (exact) mass is 252 g/mol. The summed E-state index contributed by atoms with van der Waals surface area (Å²) in [6.07, 6.45) is 3.41. The topological polar surface area (TPSA) is 90.9 Å². The summed E-state index contributed by atoms with van der Waals surface area (Å²) in [5.74, 6) is -0.159. The van der Waals surface area contributed by atoms with Crippen molar-refractivity contribution in [3.05, 3.63) is 28.8 Å². The van der Waals surface area contributed by atoms with Gasteiger partial charge in [0.25, 0.3) is 0 Å². The second kappa shape index (κ2) is 4.54. The number of carboxylic acids is 1. The van der Waals surface area contributed by atoms with Gasteiger partial charge in [-0.25, -0.2) is 14.8 Å². The fourth-order valence-electron chi connectivity index (χ4n) is 1.42. The van der Waals surface area contributed by atoms with E-state index in [-0.39, 0.29) is 10.9 Å². The van der Waals surface area contributed by atoms with E-state index in [1.165, 1.54) is 0 Å². The van der Waals surface area contributed by atoms with E-state index in [1.807, 2.05) is 6.92 Å². The van der Waals surface area contributed by atoms with Crippen molar-refractivity contribution in [2.24, 2.45) is 0 Å². The molecule has 1 unspecified atom stereocenters. The summed E-state index contributed by atoms with van der Waals surface area (Å²) < 4.78 is 0. The van der Waals surface area contributed by atoms with Gasteiger partial charge in [-0.1, -0.05) is 11.3 Å². The van der Waals surface area contributed by atoms with Crippen LogP contribution in [0.2, 0.25) is 0 Å². The zero-order chi connectivity index (χ0) is 12.4. The van der Waals surface area contributed by atoms with Crippen molar-refractivity contribution < 1.29 is 9.90 Å². The molecule has 0 aliphatic heterocycles. The number of imidazole rings is 1. The molecule has 1 atom stereocenters. The molecule has 6 nitrogen and oxygen atoms in total. The molecular formula is C10H12N4O2S. The highest BCUT2D eigenvalue weighted by atomic mass is 32.1. The first-order chi connectivity index (χ1) is 8.08. The molecule has 2 heterocycles. The third kappa shape index (κ3) is 2.44. The van der Waals surface area contributed by atoms with Crippen LogP contribution < -0.4 is 5.32 Å². The highest BCUT2D eigenvalue weighted by molar-refractivity contribution is 7.17. The van der Waals surface area contributed by atoms with Crippen LogP contribution in [0.3, 0.4) is 0 Å². The van der Waals surface area contributed by atoms with E-state index in [9.17, 15) is 4.79 Å². The minimum absolute atomic E-state index is 0.0443. The zero-order valence-electron chi connectivity index (χ0n) is 9.39. The molecule has 2 rings (SSSR count). The molecule has 0 saturated carbocycles. The predicted molar refractivity (Wildman–Crippen MR) is 64.4 cm³/mol. The van der Waals surface area contributed by atoms with Crippen LogP contribution in [0.1, 0.15) is 34.2 Å². The van der Waals surface area contributed by atoms with Crippen molar-refractivity contribution >= 4 is 22.4 Å². The van der Waals surface area contributed by atoms with Gasteiger partial charge in [-0.05, 0) is 13.8 Å². The molecule has 0 amide bonds. The lowest BCUT2D eigenvalue weighted by Crippen LogP contribution is -2.07. The van der Waals surface area contributed by atoms with Gasteiger partial charge in [0, 0.05) is 12.4 Å². The van der Waals surface area contributed by atoms with Crippen molar-refractivity contribution in [1.82, 2.24) is 15.0 Å². The Hall–Kier alpha value is -1.89. The Morgan fingerprint density at radius 3 is 2.94 bits per heavy atom. The fraction of sp³-hybridized carbons (Fsp3) is 0.300. The predicted octanol–water partition coefficient (Wildman–Crippen LogP) is 2.05. The molecule has 7 heteroatoms. The van der Waals surface area contributed by atoms with Crippen LogP contribution in [0.15, 0.2) is 12.4 Å². The molecule has 0 radical (unpaired) electrons. The van der Waals surface area contributed by atoms with Crippen LogP contribution in [0, 0.1) is 6.92 Å². The maximum Gasteiger partial charge on any atom is 0.347 e. The van der Waals surface area contributed by atoms with Gasteiger partial charge in [0.15, 0.2) is 5.13 Å². The SMILES string of the molecule is Cc1nc(NC(C)c2ncc[nH]2)sc1C(=O)O. The standard InChI is InChI=1S/C10H12N4O2S/c1-5-7(9(15)16)17-10(13-5)14-6(2)8-11-3-4-12-8/h3-4,6H,1-2H3,(H,11,12)(H,13,14)(H,15,16). The highest BCUT2D eigenvalue weighted by Crippen LogP contribution is 2.25. The number of hydrogen-bond acceptors (Lipinski definition) is 5. The van der Waals surface area contributed by atoms with Crippen molar-refractivity contribution in [3.63, 3.8) is 0 Å². The highest BCUT2D eigenvalue weighted by Gasteiger charge is 2.16. The maximum absolute atomic E-state index is 10.9. The molecular weight excluding hydrogens is 240 g/mol. The number of hydrogen-bond donors (Lipinski definition) is 3. The van der Waals surface area contributed by atoms with E-state index in [2.05, 4.69) is 20.3 Å². The number of aromatic amines is 1. The van der Waals surface area contributed by atoms with Crippen LogP contribution in [0.5, 0.6) is 0 Å². The summed E-state index contributed by atoms with van der Waals surface area (Å²) >= 11 is 1.13. The number of nitrogens with zero attached hydrogens (tertiary/aromatic N) is 2. The Bertz CT molecular complexity index is 520.